The maximum Gasteiger partial charge on any atom is 0.306 e. The van der Waals surface area contributed by atoms with Crippen LogP contribution >= 0.6 is 0 Å². The number of esters is 2. The molecule has 5 nitrogen and oxygen atoms in total. The molecule has 66 heavy (non-hydrogen) atoms. The highest BCUT2D eigenvalue weighted by molar-refractivity contribution is 5.70. The maximum atomic E-state index is 12.8. The lowest BCUT2D eigenvalue weighted by Crippen LogP contribution is -2.30. The number of carbonyl (C=O) groups is 2. The minimum absolute atomic E-state index is 0.0216. The molecule has 1 atom stereocenters. The van der Waals surface area contributed by atoms with Gasteiger partial charge >= 0.3 is 11.9 Å². The van der Waals surface area contributed by atoms with Gasteiger partial charge in [-0.15, -0.1) is 0 Å². The summed E-state index contributed by atoms with van der Waals surface area (Å²) in [6.07, 6.45) is 81.2. The zero-order valence-corrected chi connectivity index (χ0v) is 42.1. The summed E-state index contributed by atoms with van der Waals surface area (Å²) >= 11 is 0. The largest absolute Gasteiger partial charge is 0.462 e. The molecule has 0 aromatic rings. The minimum atomic E-state index is -0.605. The summed E-state index contributed by atoms with van der Waals surface area (Å²) in [5, 5.41) is 0. The molecule has 0 aliphatic carbocycles. The van der Waals surface area contributed by atoms with Crippen LogP contribution in [-0.4, -0.2) is 37.9 Å². The fourth-order valence-electron chi connectivity index (χ4n) is 6.29. The molecule has 0 spiro atoms. The molecule has 0 saturated heterocycles. The van der Waals surface area contributed by atoms with Crippen LogP contribution in [0.15, 0.2) is 158 Å². The van der Waals surface area contributed by atoms with Crippen LogP contribution in [0.1, 0.15) is 188 Å². The molecule has 1 unspecified atom stereocenters. The first kappa shape index (κ1) is 61.5. The van der Waals surface area contributed by atoms with Crippen molar-refractivity contribution in [2.75, 3.05) is 19.8 Å². The van der Waals surface area contributed by atoms with Crippen molar-refractivity contribution in [3.05, 3.63) is 158 Å². The van der Waals surface area contributed by atoms with Crippen molar-refractivity contribution in [2.45, 2.75) is 194 Å². The molecule has 0 bridgehead atoms. The van der Waals surface area contributed by atoms with Gasteiger partial charge in [-0.2, -0.15) is 0 Å². The van der Waals surface area contributed by atoms with E-state index in [2.05, 4.69) is 179 Å². The lowest BCUT2D eigenvalue weighted by molar-refractivity contribution is -0.163. The van der Waals surface area contributed by atoms with Gasteiger partial charge in [-0.3, -0.25) is 9.59 Å². The molecule has 0 amide bonds. The third-order valence-electron chi connectivity index (χ3n) is 10.0. The summed E-state index contributed by atoms with van der Waals surface area (Å²) in [6.45, 7) is 7.25. The van der Waals surface area contributed by atoms with Gasteiger partial charge in [0.25, 0.3) is 0 Å². The van der Waals surface area contributed by atoms with Gasteiger partial charge in [0.1, 0.15) is 6.61 Å². The van der Waals surface area contributed by atoms with Crippen molar-refractivity contribution in [1.82, 2.24) is 0 Å². The molecule has 0 aliphatic rings. The van der Waals surface area contributed by atoms with Crippen LogP contribution in [0.5, 0.6) is 0 Å². The minimum Gasteiger partial charge on any atom is -0.462 e. The topological polar surface area (TPSA) is 61.8 Å². The average Bonchev–Trinajstić information content (AvgIpc) is 3.32. The van der Waals surface area contributed by atoms with E-state index in [1.54, 1.807) is 0 Å². The first-order valence-corrected chi connectivity index (χ1v) is 26.0. The molecule has 5 heteroatoms. The Morgan fingerprint density at radius 2 is 0.636 bits per heavy atom. The van der Waals surface area contributed by atoms with Gasteiger partial charge in [0.2, 0.25) is 0 Å². The zero-order valence-electron chi connectivity index (χ0n) is 42.1. The quantitative estimate of drug-likeness (QED) is 0.0346. The molecular weight excluding hydrogens is 813 g/mol. The lowest BCUT2D eigenvalue weighted by atomic mass is 10.1. The SMILES string of the molecule is CC/C=C\C/C=C\C/C=C\C/C=C\C/C=C\C/C=C\CCCOCC(COC(=O)CCCC/C=C\C/C=C\C/C=C\C/C=C\CC)OC(=O)CCCCCCC/C=C\C/C=C\C/C=C\CC. The third kappa shape index (κ3) is 52.1. The number of unbranched alkanes of at least 4 members (excludes halogenated alkanes) is 8. The average molecular weight is 907 g/mol. The van der Waals surface area contributed by atoms with E-state index in [0.717, 1.165) is 148 Å². The van der Waals surface area contributed by atoms with E-state index in [1.165, 1.54) is 6.42 Å². The molecule has 0 fully saturated rings. The number of hydrogen-bond acceptors (Lipinski definition) is 5. The summed E-state index contributed by atoms with van der Waals surface area (Å²) < 4.78 is 17.3. The highest BCUT2D eigenvalue weighted by Crippen LogP contribution is 2.11. The van der Waals surface area contributed by atoms with Crippen LogP contribution in [0.2, 0.25) is 0 Å². The van der Waals surface area contributed by atoms with E-state index >= 15 is 0 Å². The van der Waals surface area contributed by atoms with E-state index < -0.39 is 6.10 Å². The van der Waals surface area contributed by atoms with Gasteiger partial charge in [0.05, 0.1) is 6.61 Å². The molecule has 0 radical (unpaired) electrons. The van der Waals surface area contributed by atoms with Crippen LogP contribution in [0.3, 0.4) is 0 Å². The monoisotopic (exact) mass is 907 g/mol. The highest BCUT2D eigenvalue weighted by atomic mass is 16.6. The van der Waals surface area contributed by atoms with Crippen LogP contribution in [0.4, 0.5) is 0 Å². The third-order valence-corrected chi connectivity index (χ3v) is 10.0. The van der Waals surface area contributed by atoms with Crippen molar-refractivity contribution in [1.29, 1.82) is 0 Å². The Hall–Kier alpha value is -4.48. The number of allylic oxidation sites excluding steroid dienone is 26. The Morgan fingerprint density at radius 3 is 1.05 bits per heavy atom. The molecule has 0 heterocycles. The maximum absolute atomic E-state index is 12.8. The molecular formula is C61H94O5. The van der Waals surface area contributed by atoms with Gasteiger partial charge < -0.3 is 14.2 Å². The van der Waals surface area contributed by atoms with Gasteiger partial charge in [0, 0.05) is 19.4 Å². The Bertz CT molecular complexity index is 1490. The van der Waals surface area contributed by atoms with Gasteiger partial charge in [-0.05, 0) is 135 Å². The smallest absolute Gasteiger partial charge is 0.306 e. The molecule has 0 rings (SSSR count). The summed E-state index contributed by atoms with van der Waals surface area (Å²) in [4.78, 5) is 25.4. The van der Waals surface area contributed by atoms with Gasteiger partial charge in [-0.25, -0.2) is 0 Å². The summed E-state index contributed by atoms with van der Waals surface area (Å²) in [6, 6.07) is 0. The Labute approximate surface area is 405 Å². The van der Waals surface area contributed by atoms with Crippen molar-refractivity contribution < 1.29 is 23.8 Å². The molecule has 0 aliphatic heterocycles. The first-order valence-electron chi connectivity index (χ1n) is 26.0. The Morgan fingerprint density at radius 1 is 0.333 bits per heavy atom. The second kappa shape index (κ2) is 54.9. The molecule has 0 aromatic heterocycles. The van der Waals surface area contributed by atoms with Crippen LogP contribution < -0.4 is 0 Å². The normalized spacial score (nSPS) is 13.6. The van der Waals surface area contributed by atoms with E-state index in [1.807, 2.05) is 0 Å². The van der Waals surface area contributed by atoms with E-state index in [-0.39, 0.29) is 25.2 Å². The fraction of sp³-hybridized carbons (Fsp3) is 0.541. The van der Waals surface area contributed by atoms with E-state index in [0.29, 0.717) is 19.4 Å². The number of ether oxygens (including phenoxy) is 3. The van der Waals surface area contributed by atoms with Crippen molar-refractivity contribution >= 4 is 11.9 Å². The second-order valence-corrected chi connectivity index (χ2v) is 16.3. The second-order valence-electron chi connectivity index (χ2n) is 16.3. The summed E-state index contributed by atoms with van der Waals surface area (Å²) in [7, 11) is 0. The summed E-state index contributed by atoms with van der Waals surface area (Å²) in [5.41, 5.74) is 0. The molecule has 0 N–H and O–H groups in total. The van der Waals surface area contributed by atoms with Crippen molar-refractivity contribution in [3.8, 4) is 0 Å². The number of carbonyl (C=O) groups excluding carboxylic acids is 2. The van der Waals surface area contributed by atoms with E-state index in [9.17, 15) is 9.59 Å². The predicted molar refractivity (Wildman–Crippen MR) is 288 cm³/mol. The van der Waals surface area contributed by atoms with Gasteiger partial charge in [0.15, 0.2) is 6.10 Å². The predicted octanol–water partition coefficient (Wildman–Crippen LogP) is 17.9. The van der Waals surface area contributed by atoms with Crippen molar-refractivity contribution in [3.63, 3.8) is 0 Å². The van der Waals surface area contributed by atoms with E-state index in [4.69, 9.17) is 14.2 Å². The van der Waals surface area contributed by atoms with Crippen molar-refractivity contribution in [2.24, 2.45) is 0 Å². The molecule has 0 saturated carbocycles. The number of rotatable bonds is 45. The highest BCUT2D eigenvalue weighted by Gasteiger charge is 2.17. The Kier molecular flexibility index (Phi) is 51.1. The van der Waals surface area contributed by atoms with Crippen LogP contribution in [0, 0.1) is 0 Å². The van der Waals surface area contributed by atoms with Gasteiger partial charge in [-0.1, -0.05) is 198 Å². The zero-order chi connectivity index (χ0) is 47.7. The number of hydrogen-bond donors (Lipinski definition) is 0. The molecule has 368 valence electrons. The standard InChI is InChI=1S/C61H94O5/c1-4-7-10-13-16-19-22-25-28-29-30-31-32-35-38-41-44-47-50-53-56-64-57-59(66-61(63)55-52-49-46-43-40-37-34-27-24-21-18-15-12-9-6-3)58-65-60(62)54-51-48-45-42-39-36-33-26-23-20-17-14-11-8-5-2/h7-12,16-21,25-28,30-31,33-35,38-39,42,44,47,59H,4-6,13-15,22-24,29,32,36-37,40-41,43,45-46,48-58H2,1-3H3/b10-7-,11-8-,12-9-,19-16-,20-17-,21-18-,28-25-,31-30-,33-26-,34-27-,38-35-,42-39-,47-44-. The summed E-state index contributed by atoms with van der Waals surface area (Å²) in [5.74, 6) is -0.512. The lowest BCUT2D eigenvalue weighted by Gasteiger charge is -2.18. The molecule has 0 aromatic carbocycles. The first-order chi connectivity index (χ1) is 32.6. The Balaban J connectivity index is 4.51. The fourth-order valence-corrected chi connectivity index (χ4v) is 6.29. The van der Waals surface area contributed by atoms with Crippen LogP contribution in [-0.2, 0) is 23.8 Å². The van der Waals surface area contributed by atoms with Crippen LogP contribution in [0.25, 0.3) is 0 Å².